The zero-order valence-corrected chi connectivity index (χ0v) is 18.0. The van der Waals surface area contributed by atoms with Crippen LogP contribution in [0.1, 0.15) is 78.0 Å². The monoisotopic (exact) mass is 384 g/mol. The van der Waals surface area contributed by atoms with E-state index in [0.717, 1.165) is 50.4 Å². The van der Waals surface area contributed by atoms with Gasteiger partial charge in [0.2, 0.25) is 0 Å². The summed E-state index contributed by atoms with van der Waals surface area (Å²) in [6.45, 7) is 10.9. The number of aromatic nitrogens is 2. The zero-order chi connectivity index (χ0) is 19.8. The number of anilines is 1. The van der Waals surface area contributed by atoms with Crippen molar-refractivity contribution in [3.05, 3.63) is 18.1 Å². The Morgan fingerprint density at radius 1 is 1.00 bits per heavy atom. The third-order valence-corrected chi connectivity index (χ3v) is 7.23. The SMILES string of the molecule is CC(C)C(=O)C1CCC(c2nccc(N3C4CCC3CN(C(C)C)C4)n2)CC1. The zero-order valence-electron chi connectivity index (χ0n) is 18.0. The van der Waals surface area contributed by atoms with Gasteiger partial charge >= 0.3 is 0 Å². The molecule has 154 valence electrons. The van der Waals surface area contributed by atoms with E-state index >= 15 is 0 Å². The van der Waals surface area contributed by atoms with Gasteiger partial charge in [-0.15, -0.1) is 0 Å². The molecule has 2 bridgehead atoms. The van der Waals surface area contributed by atoms with Crippen LogP contribution in [0.5, 0.6) is 0 Å². The van der Waals surface area contributed by atoms with E-state index in [1.54, 1.807) is 0 Å². The van der Waals surface area contributed by atoms with Crippen molar-refractivity contribution in [2.45, 2.75) is 90.3 Å². The van der Waals surface area contributed by atoms with Crippen molar-refractivity contribution < 1.29 is 4.79 Å². The number of hydrogen-bond donors (Lipinski definition) is 0. The van der Waals surface area contributed by atoms with Crippen LogP contribution >= 0.6 is 0 Å². The summed E-state index contributed by atoms with van der Waals surface area (Å²) in [7, 11) is 0. The summed E-state index contributed by atoms with van der Waals surface area (Å²) in [5.74, 6) is 3.37. The fourth-order valence-electron chi connectivity index (χ4n) is 5.54. The quantitative estimate of drug-likeness (QED) is 0.767. The normalized spacial score (nSPS) is 31.0. The summed E-state index contributed by atoms with van der Waals surface area (Å²) < 4.78 is 0. The van der Waals surface area contributed by atoms with Gasteiger partial charge in [0, 0.05) is 55.2 Å². The number of nitrogens with zero attached hydrogens (tertiary/aromatic N) is 4. The van der Waals surface area contributed by atoms with Crippen LogP contribution in [0, 0.1) is 11.8 Å². The molecule has 3 aliphatic rings. The molecule has 2 saturated heterocycles. The molecule has 3 fully saturated rings. The second-order valence-corrected chi connectivity index (χ2v) is 9.72. The minimum absolute atomic E-state index is 0.154. The van der Waals surface area contributed by atoms with Crippen LogP contribution in [-0.2, 0) is 4.79 Å². The number of carbonyl (C=O) groups excluding carboxylic acids is 1. The van der Waals surface area contributed by atoms with Gasteiger partial charge in [-0.25, -0.2) is 9.97 Å². The smallest absolute Gasteiger partial charge is 0.138 e. The predicted molar refractivity (Wildman–Crippen MR) is 113 cm³/mol. The minimum Gasteiger partial charge on any atom is -0.348 e. The topological polar surface area (TPSA) is 49.3 Å². The molecule has 2 aliphatic heterocycles. The van der Waals surface area contributed by atoms with E-state index in [-0.39, 0.29) is 11.8 Å². The molecule has 3 heterocycles. The fourth-order valence-corrected chi connectivity index (χ4v) is 5.54. The van der Waals surface area contributed by atoms with E-state index in [1.165, 1.54) is 12.8 Å². The van der Waals surface area contributed by atoms with Gasteiger partial charge in [-0.3, -0.25) is 9.69 Å². The lowest BCUT2D eigenvalue weighted by Gasteiger charge is -2.43. The molecule has 0 radical (unpaired) electrons. The Hall–Kier alpha value is -1.49. The molecule has 0 N–H and O–H groups in total. The second kappa shape index (κ2) is 8.10. The molecule has 1 saturated carbocycles. The number of likely N-dealkylation sites (tertiary alicyclic amines) is 1. The Labute approximate surface area is 169 Å². The average Bonchev–Trinajstić information content (AvgIpc) is 2.96. The first-order chi connectivity index (χ1) is 13.4. The summed E-state index contributed by atoms with van der Waals surface area (Å²) in [6, 6.07) is 3.90. The van der Waals surface area contributed by atoms with Crippen molar-refractivity contribution in [3.63, 3.8) is 0 Å². The molecule has 5 nitrogen and oxygen atoms in total. The van der Waals surface area contributed by atoms with Gasteiger partial charge in [-0.1, -0.05) is 13.8 Å². The number of Topliss-reactive ketones (excluding diaryl/α,β-unsaturated/α-hetero) is 1. The predicted octanol–water partition coefficient (Wildman–Crippen LogP) is 4.04. The maximum atomic E-state index is 12.3. The standard InChI is InChI=1S/C23H36N4O/c1-15(2)22(28)17-5-7-18(8-6-17)23-24-12-11-21(25-23)27-19-9-10-20(27)14-26(13-19)16(3)4/h11-12,15-20H,5-10,13-14H2,1-4H3. The number of fused-ring (bicyclic) bond motifs is 2. The molecule has 5 heteroatoms. The van der Waals surface area contributed by atoms with E-state index in [1.807, 2.05) is 20.0 Å². The molecule has 1 aromatic heterocycles. The summed E-state index contributed by atoms with van der Waals surface area (Å²) in [5, 5.41) is 0. The number of piperazine rings is 1. The molecule has 4 rings (SSSR count). The molecule has 0 amide bonds. The molecule has 1 aliphatic carbocycles. The van der Waals surface area contributed by atoms with Crippen molar-refractivity contribution in [2.24, 2.45) is 11.8 Å². The van der Waals surface area contributed by atoms with E-state index < -0.39 is 0 Å². The highest BCUT2D eigenvalue weighted by Crippen LogP contribution is 2.38. The fraction of sp³-hybridized carbons (Fsp3) is 0.783. The lowest BCUT2D eigenvalue weighted by Crippen LogP contribution is -2.55. The number of ketones is 1. The Kier molecular flexibility index (Phi) is 5.73. The first kappa shape index (κ1) is 19.8. The van der Waals surface area contributed by atoms with Gasteiger partial charge in [0.25, 0.3) is 0 Å². The summed E-state index contributed by atoms with van der Waals surface area (Å²) in [5.41, 5.74) is 0. The minimum atomic E-state index is 0.154. The van der Waals surface area contributed by atoms with E-state index in [2.05, 4.69) is 34.7 Å². The highest BCUT2D eigenvalue weighted by molar-refractivity contribution is 5.82. The molecule has 0 spiro atoms. The van der Waals surface area contributed by atoms with Crippen molar-refractivity contribution in [2.75, 3.05) is 18.0 Å². The van der Waals surface area contributed by atoms with Crippen LogP contribution in [0.3, 0.4) is 0 Å². The van der Waals surface area contributed by atoms with Crippen LogP contribution in [0.2, 0.25) is 0 Å². The van der Waals surface area contributed by atoms with Crippen molar-refractivity contribution >= 4 is 11.6 Å². The number of carbonyl (C=O) groups is 1. The molecular weight excluding hydrogens is 348 g/mol. The van der Waals surface area contributed by atoms with Crippen LogP contribution < -0.4 is 4.90 Å². The molecule has 1 aromatic rings. The third kappa shape index (κ3) is 3.83. The summed E-state index contributed by atoms with van der Waals surface area (Å²) in [4.78, 5) is 27.2. The van der Waals surface area contributed by atoms with Gasteiger partial charge in [0.15, 0.2) is 0 Å². The Morgan fingerprint density at radius 2 is 1.64 bits per heavy atom. The Balaban J connectivity index is 1.44. The average molecular weight is 385 g/mol. The number of rotatable bonds is 5. The van der Waals surface area contributed by atoms with Gasteiger partial charge in [0.1, 0.15) is 17.4 Å². The molecule has 2 atom stereocenters. The molecule has 2 unspecified atom stereocenters. The van der Waals surface area contributed by atoms with E-state index in [4.69, 9.17) is 4.98 Å². The van der Waals surface area contributed by atoms with Crippen LogP contribution in [0.4, 0.5) is 5.82 Å². The van der Waals surface area contributed by atoms with Gasteiger partial charge in [0.05, 0.1) is 0 Å². The van der Waals surface area contributed by atoms with Gasteiger partial charge < -0.3 is 4.90 Å². The first-order valence-electron chi connectivity index (χ1n) is 11.3. The molecular formula is C23H36N4O. The lowest BCUT2D eigenvalue weighted by atomic mass is 9.77. The van der Waals surface area contributed by atoms with E-state index in [0.29, 0.717) is 29.8 Å². The number of hydrogen-bond acceptors (Lipinski definition) is 5. The second-order valence-electron chi connectivity index (χ2n) is 9.72. The lowest BCUT2D eigenvalue weighted by molar-refractivity contribution is -0.126. The van der Waals surface area contributed by atoms with Crippen LogP contribution in [0.15, 0.2) is 12.3 Å². The van der Waals surface area contributed by atoms with E-state index in [9.17, 15) is 4.79 Å². The summed E-state index contributed by atoms with van der Waals surface area (Å²) >= 11 is 0. The maximum absolute atomic E-state index is 12.3. The molecule has 28 heavy (non-hydrogen) atoms. The van der Waals surface area contributed by atoms with Gasteiger partial charge in [-0.2, -0.15) is 0 Å². The highest BCUT2D eigenvalue weighted by atomic mass is 16.1. The first-order valence-corrected chi connectivity index (χ1v) is 11.3. The largest absolute Gasteiger partial charge is 0.348 e. The van der Waals surface area contributed by atoms with Crippen molar-refractivity contribution in [1.29, 1.82) is 0 Å². The molecule has 0 aromatic carbocycles. The highest BCUT2D eigenvalue weighted by Gasteiger charge is 2.41. The Bertz CT molecular complexity index is 682. The maximum Gasteiger partial charge on any atom is 0.138 e. The Morgan fingerprint density at radius 3 is 2.21 bits per heavy atom. The summed E-state index contributed by atoms with van der Waals surface area (Å²) in [6.07, 6.45) is 8.57. The third-order valence-electron chi connectivity index (χ3n) is 7.23. The van der Waals surface area contributed by atoms with Crippen molar-refractivity contribution in [1.82, 2.24) is 14.9 Å². The van der Waals surface area contributed by atoms with Gasteiger partial charge in [-0.05, 0) is 58.4 Å². The van der Waals surface area contributed by atoms with Crippen LogP contribution in [0.25, 0.3) is 0 Å². The van der Waals surface area contributed by atoms with Crippen LogP contribution in [-0.4, -0.2) is 51.9 Å². The van der Waals surface area contributed by atoms with Crippen molar-refractivity contribution in [3.8, 4) is 0 Å².